The van der Waals surface area contributed by atoms with Gasteiger partial charge in [0.2, 0.25) is 0 Å². The maximum Gasteiger partial charge on any atom is 0.269 e. The number of non-ortho nitro benzene ring substituents is 1. The van der Waals surface area contributed by atoms with E-state index in [2.05, 4.69) is 15.9 Å². The number of rotatable bonds is 4. The molecule has 0 spiro atoms. The van der Waals surface area contributed by atoms with Crippen molar-refractivity contribution in [3.05, 3.63) is 80.1 Å². The first-order valence-corrected chi connectivity index (χ1v) is 6.68. The van der Waals surface area contributed by atoms with Crippen molar-refractivity contribution in [2.45, 2.75) is 0 Å². The lowest BCUT2D eigenvalue weighted by Crippen LogP contribution is -1.95. The number of nitro groups is 1. The Morgan fingerprint density at radius 2 is 1.86 bits per heavy atom. The van der Waals surface area contributed by atoms with Crippen LogP contribution in [0.15, 0.2) is 53.0 Å². The lowest BCUT2D eigenvalue weighted by molar-refractivity contribution is -0.384. The molecule has 0 aliphatic heterocycles. The predicted octanol–water partition coefficient (Wildman–Crippen LogP) is 4.39. The van der Waals surface area contributed by atoms with Gasteiger partial charge in [0.1, 0.15) is 5.82 Å². The number of nitrogens with zero attached hydrogens (tertiary/aromatic N) is 1. The summed E-state index contributed by atoms with van der Waals surface area (Å²) >= 11 is 3.15. The predicted molar refractivity (Wildman–Crippen MR) is 80.6 cm³/mol. The highest BCUT2D eigenvalue weighted by Gasteiger charge is 2.07. The molecule has 0 fully saturated rings. The molecule has 0 radical (unpaired) electrons. The number of allylic oxidation sites excluding steroid dienone is 1. The Morgan fingerprint density at radius 3 is 2.43 bits per heavy atom. The molecule has 0 N–H and O–H groups in total. The number of ketones is 1. The van der Waals surface area contributed by atoms with Crippen LogP contribution in [0.4, 0.5) is 10.1 Å². The quantitative estimate of drug-likeness (QED) is 0.356. The van der Waals surface area contributed by atoms with Crippen molar-refractivity contribution in [1.29, 1.82) is 0 Å². The van der Waals surface area contributed by atoms with Gasteiger partial charge in [0.05, 0.1) is 4.92 Å². The molecule has 2 rings (SSSR count). The van der Waals surface area contributed by atoms with Crippen LogP contribution in [0.2, 0.25) is 0 Å². The van der Waals surface area contributed by atoms with Crippen LogP contribution >= 0.6 is 15.9 Å². The molecule has 0 aromatic heterocycles. The minimum atomic E-state index is -0.540. The fourth-order valence-corrected chi connectivity index (χ4v) is 1.98. The smallest absolute Gasteiger partial charge is 0.269 e. The molecule has 0 heterocycles. The maximum atomic E-state index is 13.6. The lowest BCUT2D eigenvalue weighted by Gasteiger charge is -1.98. The van der Waals surface area contributed by atoms with Crippen LogP contribution in [-0.4, -0.2) is 10.7 Å². The summed E-state index contributed by atoms with van der Waals surface area (Å²) in [6.45, 7) is 0. The van der Waals surface area contributed by atoms with E-state index in [-0.39, 0.29) is 17.0 Å². The molecule has 0 unspecified atom stereocenters. The molecule has 0 amide bonds. The molecule has 6 heteroatoms. The molecule has 2 aromatic carbocycles. The minimum absolute atomic E-state index is 0.0884. The van der Waals surface area contributed by atoms with Gasteiger partial charge in [-0.2, -0.15) is 0 Å². The summed E-state index contributed by atoms with van der Waals surface area (Å²) in [5.74, 6) is -0.802. The molecule has 4 nitrogen and oxygen atoms in total. The van der Waals surface area contributed by atoms with Gasteiger partial charge in [-0.25, -0.2) is 4.39 Å². The highest BCUT2D eigenvalue weighted by molar-refractivity contribution is 9.10. The zero-order valence-corrected chi connectivity index (χ0v) is 12.2. The Hall–Kier alpha value is -2.34. The minimum Gasteiger partial charge on any atom is -0.289 e. The van der Waals surface area contributed by atoms with Gasteiger partial charge < -0.3 is 0 Å². The van der Waals surface area contributed by atoms with Crippen LogP contribution < -0.4 is 0 Å². The number of halogens is 2. The Bertz CT molecular complexity index is 726. The second-order valence-electron chi connectivity index (χ2n) is 4.17. The topological polar surface area (TPSA) is 60.2 Å². The number of carbonyl (C=O) groups excluding carboxylic acids is 1. The fraction of sp³-hybridized carbons (Fsp3) is 0. The van der Waals surface area contributed by atoms with Gasteiger partial charge in [0.25, 0.3) is 5.69 Å². The maximum absolute atomic E-state index is 13.6. The van der Waals surface area contributed by atoms with E-state index in [1.165, 1.54) is 42.5 Å². The van der Waals surface area contributed by atoms with Crippen LogP contribution in [-0.2, 0) is 0 Å². The van der Waals surface area contributed by atoms with Gasteiger partial charge in [-0.3, -0.25) is 14.9 Å². The van der Waals surface area contributed by atoms with Gasteiger partial charge in [0.15, 0.2) is 5.78 Å². The summed E-state index contributed by atoms with van der Waals surface area (Å²) in [4.78, 5) is 21.9. The molecular weight excluding hydrogens is 341 g/mol. The average molecular weight is 350 g/mol. The van der Waals surface area contributed by atoms with E-state index < -0.39 is 10.7 Å². The molecular formula is C15H9BrFNO3. The zero-order chi connectivity index (χ0) is 15.4. The Morgan fingerprint density at radius 1 is 1.19 bits per heavy atom. The molecule has 0 aliphatic carbocycles. The van der Waals surface area contributed by atoms with Crippen molar-refractivity contribution in [3.8, 4) is 0 Å². The van der Waals surface area contributed by atoms with E-state index in [0.29, 0.717) is 10.0 Å². The van der Waals surface area contributed by atoms with Crippen LogP contribution in [0.1, 0.15) is 15.9 Å². The number of carbonyl (C=O) groups is 1. The van der Waals surface area contributed by atoms with E-state index >= 15 is 0 Å². The van der Waals surface area contributed by atoms with E-state index in [9.17, 15) is 19.3 Å². The summed E-state index contributed by atoms with van der Waals surface area (Å²) in [7, 11) is 0. The van der Waals surface area contributed by atoms with Gasteiger partial charge in [0, 0.05) is 27.7 Å². The van der Waals surface area contributed by atoms with E-state index in [0.717, 1.165) is 0 Å². The standard InChI is InChI=1S/C15H9BrFNO3/c16-12-5-1-10(14(17)9-12)4-8-15(19)11-2-6-13(7-3-11)18(20)21/h1-9H/b8-4+. The zero-order valence-electron chi connectivity index (χ0n) is 10.6. The number of hydrogen-bond acceptors (Lipinski definition) is 3. The normalized spacial score (nSPS) is 10.8. The summed E-state index contributed by atoms with van der Waals surface area (Å²) in [6, 6.07) is 9.74. The molecule has 0 saturated heterocycles. The molecule has 21 heavy (non-hydrogen) atoms. The van der Waals surface area contributed by atoms with Crippen LogP contribution in [0.3, 0.4) is 0 Å². The number of hydrogen-bond donors (Lipinski definition) is 0. The van der Waals surface area contributed by atoms with Crippen molar-refractivity contribution >= 4 is 33.5 Å². The first kappa shape index (κ1) is 15.1. The van der Waals surface area contributed by atoms with Gasteiger partial charge in [-0.05, 0) is 36.4 Å². The average Bonchev–Trinajstić information content (AvgIpc) is 2.46. The van der Waals surface area contributed by atoms with Crippen LogP contribution in [0.25, 0.3) is 6.08 Å². The Labute approximate surface area is 128 Å². The van der Waals surface area contributed by atoms with Crippen molar-refractivity contribution in [2.24, 2.45) is 0 Å². The van der Waals surface area contributed by atoms with Crippen LogP contribution in [0, 0.1) is 15.9 Å². The third-order valence-electron chi connectivity index (χ3n) is 2.74. The molecule has 106 valence electrons. The summed E-state index contributed by atoms with van der Waals surface area (Å²) in [5.41, 5.74) is 0.498. The van der Waals surface area contributed by atoms with Crippen LogP contribution in [0.5, 0.6) is 0 Å². The number of nitro benzene ring substituents is 1. The lowest BCUT2D eigenvalue weighted by atomic mass is 10.1. The van der Waals surface area contributed by atoms with E-state index in [1.54, 1.807) is 12.1 Å². The molecule has 0 bridgehead atoms. The Balaban J connectivity index is 2.17. The van der Waals surface area contributed by atoms with Gasteiger partial charge in [-0.15, -0.1) is 0 Å². The van der Waals surface area contributed by atoms with Gasteiger partial charge >= 0.3 is 0 Å². The fourth-order valence-electron chi connectivity index (χ4n) is 1.65. The van der Waals surface area contributed by atoms with E-state index in [1.807, 2.05) is 0 Å². The molecule has 0 atom stereocenters. The summed E-state index contributed by atoms with van der Waals surface area (Å²) in [6.07, 6.45) is 2.60. The van der Waals surface area contributed by atoms with Crippen molar-refractivity contribution < 1.29 is 14.1 Å². The first-order valence-electron chi connectivity index (χ1n) is 5.89. The highest BCUT2D eigenvalue weighted by atomic mass is 79.9. The second-order valence-corrected chi connectivity index (χ2v) is 5.08. The van der Waals surface area contributed by atoms with Crippen molar-refractivity contribution in [3.63, 3.8) is 0 Å². The third kappa shape index (κ3) is 3.82. The SMILES string of the molecule is O=C(/C=C/c1ccc(Br)cc1F)c1ccc([N+](=O)[O-])cc1. The second kappa shape index (κ2) is 6.41. The molecule has 0 saturated carbocycles. The van der Waals surface area contributed by atoms with E-state index in [4.69, 9.17) is 0 Å². The largest absolute Gasteiger partial charge is 0.289 e. The number of benzene rings is 2. The van der Waals surface area contributed by atoms with Crippen molar-refractivity contribution in [2.75, 3.05) is 0 Å². The Kier molecular flexibility index (Phi) is 4.59. The molecule has 2 aromatic rings. The monoisotopic (exact) mass is 349 g/mol. The highest BCUT2D eigenvalue weighted by Crippen LogP contribution is 2.17. The van der Waals surface area contributed by atoms with Gasteiger partial charge in [-0.1, -0.05) is 22.0 Å². The first-order chi connectivity index (χ1) is 9.97. The van der Waals surface area contributed by atoms with Crippen molar-refractivity contribution in [1.82, 2.24) is 0 Å². The third-order valence-corrected chi connectivity index (χ3v) is 3.23. The summed E-state index contributed by atoms with van der Waals surface area (Å²) in [5, 5.41) is 10.5. The molecule has 0 aliphatic rings. The summed E-state index contributed by atoms with van der Waals surface area (Å²) < 4.78 is 14.2.